The minimum atomic E-state index is 0.810. The molecule has 0 heterocycles. The lowest BCUT2D eigenvalue weighted by Gasteiger charge is -2.24. The monoisotopic (exact) mass is 154 g/mol. The molecule has 64 valence electrons. The Morgan fingerprint density at radius 3 is 2.73 bits per heavy atom. The Morgan fingerprint density at radius 2 is 2.27 bits per heavy atom. The van der Waals surface area contributed by atoms with Crippen LogP contribution >= 0.6 is 0 Å². The van der Waals surface area contributed by atoms with Gasteiger partial charge in [0.25, 0.3) is 0 Å². The smallest absolute Gasteiger partial charge is 0.0934 e. The normalized spacial score (nSPS) is 19.9. The number of nitrogens with two attached hydrogens (primary N) is 1. The lowest BCUT2D eigenvalue weighted by Crippen LogP contribution is -2.14. The van der Waals surface area contributed by atoms with Crippen LogP contribution in [0.3, 0.4) is 0 Å². The van der Waals surface area contributed by atoms with Crippen molar-refractivity contribution in [1.82, 2.24) is 0 Å². The van der Waals surface area contributed by atoms with Gasteiger partial charge in [0, 0.05) is 13.0 Å². The summed E-state index contributed by atoms with van der Waals surface area (Å²) in [6, 6.07) is 0. The van der Waals surface area contributed by atoms with Gasteiger partial charge in [-0.15, -0.1) is 0 Å². The Kier molecular flexibility index (Phi) is 3.40. The second-order valence-electron chi connectivity index (χ2n) is 3.31. The second-order valence-corrected chi connectivity index (χ2v) is 3.31. The third kappa shape index (κ3) is 2.91. The van der Waals surface area contributed by atoms with E-state index in [4.69, 9.17) is 5.73 Å². The molecule has 0 aromatic rings. The van der Waals surface area contributed by atoms with Crippen LogP contribution in [0.1, 0.15) is 39.0 Å². The van der Waals surface area contributed by atoms with Crippen LogP contribution in [0, 0.1) is 5.92 Å². The first-order chi connectivity index (χ1) is 5.33. The maximum Gasteiger partial charge on any atom is 0.0934 e. The molecule has 1 aliphatic rings. The lowest BCUT2D eigenvalue weighted by molar-refractivity contribution is 0.300. The van der Waals surface area contributed by atoms with Gasteiger partial charge in [-0.05, 0) is 12.3 Å². The Balaban J connectivity index is 2.02. The number of rotatable bonds is 4. The van der Waals surface area contributed by atoms with E-state index in [1.807, 2.05) is 6.92 Å². The third-order valence-corrected chi connectivity index (χ3v) is 2.44. The van der Waals surface area contributed by atoms with E-state index in [9.17, 15) is 0 Å². The highest BCUT2D eigenvalue weighted by atomic mass is 14.8. The fraction of sp³-hybridized carbons (Fsp3) is 0.889. The predicted octanol–water partition coefficient (Wildman–Crippen LogP) is 1.94. The van der Waals surface area contributed by atoms with Gasteiger partial charge >= 0.3 is 0 Å². The molecule has 0 radical (unpaired) electrons. The van der Waals surface area contributed by atoms with Gasteiger partial charge in [0.2, 0.25) is 0 Å². The zero-order chi connectivity index (χ0) is 8.10. The molecule has 0 unspecified atom stereocenters. The molecule has 0 saturated heterocycles. The summed E-state index contributed by atoms with van der Waals surface area (Å²) >= 11 is 0. The SMILES string of the molecule is CCC(N)=NCCC1CCC1. The minimum Gasteiger partial charge on any atom is -0.387 e. The van der Waals surface area contributed by atoms with E-state index in [0.717, 1.165) is 24.7 Å². The molecule has 1 rings (SSSR count). The molecule has 0 aliphatic heterocycles. The Labute approximate surface area is 68.9 Å². The zero-order valence-corrected chi connectivity index (χ0v) is 7.34. The van der Waals surface area contributed by atoms with Gasteiger partial charge in [-0.1, -0.05) is 26.2 Å². The van der Waals surface area contributed by atoms with E-state index >= 15 is 0 Å². The van der Waals surface area contributed by atoms with Crippen LogP contribution in [0.5, 0.6) is 0 Å². The molecule has 2 heteroatoms. The Bertz CT molecular complexity index is 136. The number of hydrogen-bond acceptors (Lipinski definition) is 1. The molecule has 2 N–H and O–H groups in total. The van der Waals surface area contributed by atoms with E-state index in [0.29, 0.717) is 0 Å². The van der Waals surface area contributed by atoms with Crippen molar-refractivity contribution in [2.75, 3.05) is 6.54 Å². The summed E-state index contributed by atoms with van der Waals surface area (Å²) in [5.74, 6) is 1.77. The van der Waals surface area contributed by atoms with Gasteiger partial charge in [-0.25, -0.2) is 0 Å². The van der Waals surface area contributed by atoms with E-state index < -0.39 is 0 Å². The highest BCUT2D eigenvalue weighted by molar-refractivity contribution is 5.79. The molecule has 1 aliphatic carbocycles. The topological polar surface area (TPSA) is 38.4 Å². The highest BCUT2D eigenvalue weighted by Crippen LogP contribution is 2.28. The van der Waals surface area contributed by atoms with Crippen molar-refractivity contribution < 1.29 is 0 Å². The quantitative estimate of drug-likeness (QED) is 0.488. The zero-order valence-electron chi connectivity index (χ0n) is 7.34. The summed E-state index contributed by atoms with van der Waals surface area (Å²) < 4.78 is 0. The van der Waals surface area contributed by atoms with Crippen molar-refractivity contribution in [3.05, 3.63) is 0 Å². The molecule has 1 fully saturated rings. The molecule has 11 heavy (non-hydrogen) atoms. The summed E-state index contributed by atoms with van der Waals surface area (Å²) in [5.41, 5.74) is 5.57. The van der Waals surface area contributed by atoms with E-state index in [1.165, 1.54) is 25.7 Å². The summed E-state index contributed by atoms with van der Waals surface area (Å²) in [7, 11) is 0. The number of nitrogens with zero attached hydrogens (tertiary/aromatic N) is 1. The van der Waals surface area contributed by atoms with Crippen LogP contribution in [0.4, 0.5) is 0 Å². The molecule has 2 nitrogen and oxygen atoms in total. The fourth-order valence-corrected chi connectivity index (χ4v) is 1.28. The first-order valence-corrected chi connectivity index (χ1v) is 4.61. The fourth-order valence-electron chi connectivity index (χ4n) is 1.28. The van der Waals surface area contributed by atoms with Crippen molar-refractivity contribution in [3.8, 4) is 0 Å². The highest BCUT2D eigenvalue weighted by Gasteiger charge is 2.15. The minimum absolute atomic E-state index is 0.810. The molecule has 1 saturated carbocycles. The van der Waals surface area contributed by atoms with Gasteiger partial charge < -0.3 is 5.73 Å². The molecule has 0 aromatic heterocycles. The molecular formula is C9H18N2. The first kappa shape index (κ1) is 8.57. The largest absolute Gasteiger partial charge is 0.387 e. The van der Waals surface area contributed by atoms with E-state index in [-0.39, 0.29) is 0 Å². The maximum absolute atomic E-state index is 5.57. The van der Waals surface area contributed by atoms with Crippen LogP contribution < -0.4 is 5.73 Å². The molecule has 0 atom stereocenters. The van der Waals surface area contributed by atoms with Crippen molar-refractivity contribution >= 4 is 5.84 Å². The van der Waals surface area contributed by atoms with E-state index in [1.54, 1.807) is 0 Å². The molecular weight excluding hydrogens is 136 g/mol. The summed E-state index contributed by atoms with van der Waals surface area (Å²) in [4.78, 5) is 4.26. The second kappa shape index (κ2) is 4.37. The van der Waals surface area contributed by atoms with Crippen LogP contribution in [0.2, 0.25) is 0 Å². The number of amidine groups is 1. The van der Waals surface area contributed by atoms with Crippen LogP contribution in [0.15, 0.2) is 4.99 Å². The van der Waals surface area contributed by atoms with Crippen LogP contribution in [0.25, 0.3) is 0 Å². The molecule has 0 aromatic carbocycles. The summed E-state index contributed by atoms with van der Waals surface area (Å²) in [6.07, 6.45) is 6.41. The number of hydrogen-bond donors (Lipinski definition) is 1. The average molecular weight is 154 g/mol. The van der Waals surface area contributed by atoms with Crippen molar-refractivity contribution in [2.45, 2.75) is 39.0 Å². The average Bonchev–Trinajstić information content (AvgIpc) is 1.94. The molecule has 0 bridgehead atoms. The standard InChI is InChI=1S/C9H18N2/c1-2-9(10)11-7-6-8-4-3-5-8/h8H,2-7H2,1H3,(H2,10,11). The lowest BCUT2D eigenvalue weighted by atomic mass is 9.83. The van der Waals surface area contributed by atoms with Crippen LogP contribution in [-0.4, -0.2) is 12.4 Å². The van der Waals surface area contributed by atoms with E-state index in [2.05, 4.69) is 4.99 Å². The summed E-state index contributed by atoms with van der Waals surface area (Å²) in [6.45, 7) is 2.99. The van der Waals surface area contributed by atoms with Gasteiger partial charge in [0.15, 0.2) is 0 Å². The summed E-state index contributed by atoms with van der Waals surface area (Å²) in [5, 5.41) is 0. The van der Waals surface area contributed by atoms with Crippen molar-refractivity contribution in [2.24, 2.45) is 16.6 Å². The Morgan fingerprint density at radius 1 is 1.55 bits per heavy atom. The Hall–Kier alpha value is -0.530. The van der Waals surface area contributed by atoms with Crippen LogP contribution in [-0.2, 0) is 0 Å². The predicted molar refractivity (Wildman–Crippen MR) is 48.7 cm³/mol. The molecule has 0 amide bonds. The van der Waals surface area contributed by atoms with Gasteiger partial charge in [-0.3, -0.25) is 4.99 Å². The van der Waals surface area contributed by atoms with Gasteiger partial charge in [0.05, 0.1) is 5.84 Å². The van der Waals surface area contributed by atoms with Gasteiger partial charge in [-0.2, -0.15) is 0 Å². The third-order valence-electron chi connectivity index (χ3n) is 2.44. The number of aliphatic imine (C=N–C) groups is 1. The first-order valence-electron chi connectivity index (χ1n) is 4.61. The van der Waals surface area contributed by atoms with Crippen molar-refractivity contribution in [3.63, 3.8) is 0 Å². The maximum atomic E-state index is 5.57. The van der Waals surface area contributed by atoms with Crippen molar-refractivity contribution in [1.29, 1.82) is 0 Å². The van der Waals surface area contributed by atoms with Gasteiger partial charge in [0.1, 0.15) is 0 Å². The molecule has 0 spiro atoms.